The largest absolute Gasteiger partial charge is 0.382 e. The van der Waals surface area contributed by atoms with Gasteiger partial charge in [-0.1, -0.05) is 6.92 Å². The summed E-state index contributed by atoms with van der Waals surface area (Å²) in [5.74, 6) is 2.00. The number of carbonyl (C=O) groups is 1. The molecule has 0 radical (unpaired) electrons. The van der Waals surface area contributed by atoms with E-state index in [1.165, 1.54) is 7.11 Å². The highest BCUT2D eigenvalue weighted by Gasteiger charge is 2.67. The molecule has 6 unspecified atom stereocenters. The first-order valence-corrected chi connectivity index (χ1v) is 12.3. The van der Waals surface area contributed by atoms with Crippen LogP contribution in [0.15, 0.2) is 4.79 Å². The molecule has 6 atom stereocenters. The summed E-state index contributed by atoms with van der Waals surface area (Å²) >= 11 is 6.05. The molecule has 0 bridgehead atoms. The van der Waals surface area contributed by atoms with Crippen molar-refractivity contribution in [3.8, 4) is 0 Å². The zero-order valence-corrected chi connectivity index (χ0v) is 20.1. The number of aromatic amines is 1. The Labute approximate surface area is 196 Å². The van der Waals surface area contributed by atoms with E-state index in [1.807, 2.05) is 4.90 Å². The van der Waals surface area contributed by atoms with Gasteiger partial charge in [0, 0.05) is 20.6 Å². The maximum Gasteiger partial charge on any atom is 0.257 e. The standard InChI is InChI=1S/C20H30N4O6S2/c1-4-10-5-6-32-9-24(17-14(10)18(26)23-19(21)22-17)13-7-11(12(29-13)8-27-2)30-16-15(25)20(16,31)28-3/h10-13,16,31H,4-9H2,1-3H3,(H3,21,22,23,26). The van der Waals surface area contributed by atoms with Gasteiger partial charge in [-0.3, -0.25) is 14.6 Å². The number of rotatable bonds is 7. The molecular weight excluding hydrogens is 456 g/mol. The lowest BCUT2D eigenvalue weighted by atomic mass is 9.94. The highest BCUT2D eigenvalue weighted by Crippen LogP contribution is 2.44. The molecule has 0 aromatic carbocycles. The Balaban J connectivity index is 1.62. The van der Waals surface area contributed by atoms with E-state index in [2.05, 4.69) is 29.5 Å². The van der Waals surface area contributed by atoms with Crippen LogP contribution in [0.3, 0.4) is 0 Å². The minimum absolute atomic E-state index is 0.0712. The van der Waals surface area contributed by atoms with Gasteiger partial charge in [0.05, 0.1) is 24.2 Å². The third-order valence-corrected chi connectivity index (χ3v) is 7.93. The lowest BCUT2D eigenvalue weighted by molar-refractivity contribution is -0.117. The summed E-state index contributed by atoms with van der Waals surface area (Å²) in [4.78, 5) is 32.9. The molecule has 2 fully saturated rings. The first-order valence-electron chi connectivity index (χ1n) is 10.7. The quantitative estimate of drug-likeness (QED) is 0.381. The lowest BCUT2D eigenvalue weighted by Crippen LogP contribution is -2.40. The third kappa shape index (κ3) is 4.28. The second-order valence-corrected chi connectivity index (χ2v) is 9.97. The van der Waals surface area contributed by atoms with Crippen molar-refractivity contribution in [2.45, 2.75) is 61.6 Å². The molecule has 1 aromatic rings. The van der Waals surface area contributed by atoms with Crippen LogP contribution in [0, 0.1) is 0 Å². The maximum absolute atomic E-state index is 12.9. The first-order chi connectivity index (χ1) is 15.3. The number of thiol groups is 1. The third-order valence-electron chi connectivity index (χ3n) is 6.31. The number of carbonyl (C=O) groups excluding carboxylic acids is 1. The molecule has 3 aliphatic rings. The SMILES string of the molecule is CCC1CCSCN(C2CC(OC3C(=O)C3(S)OC)C(COC)O2)c2nc(N)[nH]c(=O)c21. The van der Waals surface area contributed by atoms with Crippen LogP contribution in [0.25, 0.3) is 0 Å². The van der Waals surface area contributed by atoms with E-state index in [0.717, 1.165) is 18.6 Å². The van der Waals surface area contributed by atoms with Gasteiger partial charge in [-0.2, -0.15) is 4.98 Å². The van der Waals surface area contributed by atoms with Crippen molar-refractivity contribution in [3.05, 3.63) is 15.9 Å². The van der Waals surface area contributed by atoms with Crippen LogP contribution in [-0.2, 0) is 23.7 Å². The predicted molar refractivity (Wildman–Crippen MR) is 124 cm³/mol. The van der Waals surface area contributed by atoms with Gasteiger partial charge < -0.3 is 29.6 Å². The Kier molecular flexibility index (Phi) is 7.08. The fraction of sp³-hybridized carbons (Fsp3) is 0.750. The Hall–Kier alpha value is -1.31. The van der Waals surface area contributed by atoms with Crippen LogP contribution < -0.4 is 16.2 Å². The zero-order chi connectivity index (χ0) is 23.0. The molecule has 10 nitrogen and oxygen atoms in total. The van der Waals surface area contributed by atoms with Crippen molar-refractivity contribution >= 4 is 41.9 Å². The van der Waals surface area contributed by atoms with Crippen LogP contribution in [0.2, 0.25) is 0 Å². The van der Waals surface area contributed by atoms with Crippen LogP contribution in [-0.4, -0.2) is 77.7 Å². The number of Topliss-reactive ketones (excluding diaryl/α,β-unsaturated/α-hetero) is 1. The first kappa shape index (κ1) is 23.8. The van der Waals surface area contributed by atoms with Crippen molar-refractivity contribution < 1.29 is 23.7 Å². The molecule has 3 N–H and O–H groups in total. The second-order valence-electron chi connectivity index (χ2n) is 8.23. The summed E-state index contributed by atoms with van der Waals surface area (Å²) in [6.07, 6.45) is 0.219. The Morgan fingerprint density at radius 2 is 2.19 bits per heavy atom. The molecule has 12 heteroatoms. The molecule has 1 saturated carbocycles. The number of nitrogen functional groups attached to an aromatic ring is 1. The number of ketones is 1. The molecule has 4 rings (SSSR count). The number of anilines is 2. The van der Waals surface area contributed by atoms with Gasteiger partial charge in [0.25, 0.3) is 5.56 Å². The average molecular weight is 487 g/mol. The van der Waals surface area contributed by atoms with Gasteiger partial charge in [0.2, 0.25) is 16.7 Å². The highest BCUT2D eigenvalue weighted by atomic mass is 32.2. The number of hydrogen-bond donors (Lipinski definition) is 3. The molecule has 0 amide bonds. The van der Waals surface area contributed by atoms with E-state index in [9.17, 15) is 9.59 Å². The van der Waals surface area contributed by atoms with Gasteiger partial charge in [0.1, 0.15) is 18.1 Å². The number of nitrogens with zero attached hydrogens (tertiary/aromatic N) is 2. The van der Waals surface area contributed by atoms with Crippen LogP contribution in [0.4, 0.5) is 11.8 Å². The monoisotopic (exact) mass is 486 g/mol. The van der Waals surface area contributed by atoms with E-state index in [1.54, 1.807) is 18.9 Å². The summed E-state index contributed by atoms with van der Waals surface area (Å²) in [7, 11) is 3.02. The minimum Gasteiger partial charge on any atom is -0.382 e. The van der Waals surface area contributed by atoms with E-state index in [-0.39, 0.29) is 23.2 Å². The molecular formula is C20H30N4O6S2. The van der Waals surface area contributed by atoms with Gasteiger partial charge in [-0.15, -0.1) is 24.4 Å². The van der Waals surface area contributed by atoms with E-state index in [0.29, 0.717) is 30.3 Å². The van der Waals surface area contributed by atoms with Crippen molar-refractivity contribution in [2.75, 3.05) is 43.1 Å². The molecule has 178 valence electrons. The fourth-order valence-corrected chi connectivity index (χ4v) is 5.73. The summed E-state index contributed by atoms with van der Waals surface area (Å²) in [6, 6.07) is 0. The van der Waals surface area contributed by atoms with Crippen LogP contribution in [0.5, 0.6) is 0 Å². The number of nitrogens with two attached hydrogens (primary N) is 1. The number of fused-ring (bicyclic) bond motifs is 1. The molecule has 3 heterocycles. The van der Waals surface area contributed by atoms with Crippen molar-refractivity contribution in [1.82, 2.24) is 9.97 Å². The van der Waals surface area contributed by atoms with Crippen molar-refractivity contribution in [2.24, 2.45) is 0 Å². The topological polar surface area (TPSA) is 129 Å². The summed E-state index contributed by atoms with van der Waals surface area (Å²) in [5.41, 5.74) is 6.35. The van der Waals surface area contributed by atoms with Gasteiger partial charge in [-0.25, -0.2) is 0 Å². The summed E-state index contributed by atoms with van der Waals surface area (Å²) in [6.45, 7) is 2.36. The fourth-order valence-electron chi connectivity index (χ4n) is 4.43. The Morgan fingerprint density at radius 3 is 2.84 bits per heavy atom. The molecule has 0 spiro atoms. The van der Waals surface area contributed by atoms with E-state index in [4.69, 9.17) is 24.7 Å². The van der Waals surface area contributed by atoms with Crippen molar-refractivity contribution in [1.29, 1.82) is 0 Å². The number of thioether (sulfide) groups is 1. The number of ether oxygens (including phenoxy) is 4. The summed E-state index contributed by atoms with van der Waals surface area (Å²) < 4.78 is 22.9. The summed E-state index contributed by atoms with van der Waals surface area (Å²) in [5, 5.41) is 0. The Bertz CT molecular complexity index is 917. The lowest BCUT2D eigenvalue weighted by Gasteiger charge is -2.34. The zero-order valence-electron chi connectivity index (χ0n) is 18.4. The number of methoxy groups -OCH3 is 2. The molecule has 32 heavy (non-hydrogen) atoms. The minimum atomic E-state index is -1.21. The highest BCUT2D eigenvalue weighted by molar-refractivity contribution is 7.99. The molecule has 2 aliphatic heterocycles. The van der Waals surface area contributed by atoms with Crippen LogP contribution >= 0.6 is 24.4 Å². The normalized spacial score (nSPS) is 34.8. The predicted octanol–water partition coefficient (Wildman–Crippen LogP) is 1.12. The number of nitrogens with one attached hydrogen (secondary N) is 1. The number of aromatic nitrogens is 2. The Morgan fingerprint density at radius 1 is 1.41 bits per heavy atom. The molecule has 1 aliphatic carbocycles. The number of H-pyrrole nitrogens is 1. The smallest absolute Gasteiger partial charge is 0.257 e. The van der Waals surface area contributed by atoms with E-state index < -0.39 is 29.5 Å². The van der Waals surface area contributed by atoms with Crippen molar-refractivity contribution in [3.63, 3.8) is 0 Å². The van der Waals surface area contributed by atoms with Gasteiger partial charge >= 0.3 is 0 Å². The average Bonchev–Trinajstić information content (AvgIpc) is 3.05. The van der Waals surface area contributed by atoms with Gasteiger partial charge in [-0.05, 0) is 24.5 Å². The van der Waals surface area contributed by atoms with Crippen LogP contribution in [0.1, 0.15) is 37.7 Å². The molecule has 1 saturated heterocycles. The number of hydrogen-bond acceptors (Lipinski definition) is 11. The van der Waals surface area contributed by atoms with Gasteiger partial charge in [0.15, 0.2) is 6.10 Å². The molecule has 1 aromatic heterocycles. The second kappa shape index (κ2) is 9.51. The maximum atomic E-state index is 12.9. The van der Waals surface area contributed by atoms with E-state index >= 15 is 0 Å².